The van der Waals surface area contributed by atoms with Gasteiger partial charge in [0.25, 0.3) is 5.91 Å². The number of aryl methyl sites for hydroxylation is 1. The van der Waals surface area contributed by atoms with Crippen LogP contribution in [0.2, 0.25) is 0 Å². The number of carbonyl (C=O) groups excluding carboxylic acids is 2. The van der Waals surface area contributed by atoms with E-state index in [2.05, 4.69) is 9.97 Å². The maximum absolute atomic E-state index is 13.0. The molecule has 2 aromatic heterocycles. The number of piperidine rings is 1. The largest absolute Gasteiger partial charge is 0.338 e. The third kappa shape index (κ3) is 3.73. The zero-order valence-corrected chi connectivity index (χ0v) is 16.5. The Morgan fingerprint density at radius 1 is 1.04 bits per heavy atom. The van der Waals surface area contributed by atoms with Gasteiger partial charge in [0.2, 0.25) is 0 Å². The molecule has 3 aromatic rings. The average molecular weight is 391 g/mol. The summed E-state index contributed by atoms with van der Waals surface area (Å²) in [6.45, 7) is 3.05. The van der Waals surface area contributed by atoms with E-state index in [1.807, 2.05) is 60.4 Å². The zero-order chi connectivity index (χ0) is 19.5. The molecule has 0 spiro atoms. The maximum Gasteiger partial charge on any atom is 0.265 e. The topological polar surface area (TPSA) is 63.2 Å². The molecule has 3 heterocycles. The smallest absolute Gasteiger partial charge is 0.265 e. The quantitative estimate of drug-likeness (QED) is 0.624. The fraction of sp³-hybridized carbons (Fsp3) is 0.273. The summed E-state index contributed by atoms with van der Waals surface area (Å²) in [6, 6.07) is 15.1. The number of amides is 1. The second kappa shape index (κ2) is 8.02. The summed E-state index contributed by atoms with van der Waals surface area (Å²) in [5.74, 6) is 0.167. The molecule has 0 unspecified atom stereocenters. The number of Topliss-reactive ketones (excluding diaryl/α,β-unsaturated/α-hetero) is 1. The Bertz CT molecular complexity index is 978. The van der Waals surface area contributed by atoms with Crippen LogP contribution in [0.15, 0.2) is 54.7 Å². The van der Waals surface area contributed by atoms with Gasteiger partial charge in [-0.05, 0) is 31.9 Å². The fourth-order valence-electron chi connectivity index (χ4n) is 3.52. The van der Waals surface area contributed by atoms with Crippen LogP contribution in [0.5, 0.6) is 0 Å². The predicted octanol–water partition coefficient (Wildman–Crippen LogP) is 4.25. The highest BCUT2D eigenvalue weighted by Crippen LogP contribution is 2.29. The van der Waals surface area contributed by atoms with Crippen LogP contribution in [0.4, 0.5) is 0 Å². The van der Waals surface area contributed by atoms with Crippen molar-refractivity contribution in [3.8, 4) is 10.7 Å². The van der Waals surface area contributed by atoms with Crippen LogP contribution >= 0.6 is 11.3 Å². The summed E-state index contributed by atoms with van der Waals surface area (Å²) in [4.78, 5) is 37.0. The van der Waals surface area contributed by atoms with E-state index in [4.69, 9.17) is 0 Å². The molecular formula is C22H21N3O2S. The van der Waals surface area contributed by atoms with Gasteiger partial charge in [-0.15, -0.1) is 11.3 Å². The standard InChI is InChI=1S/C22H21N3O2S/c1-15-20(28-21(24-15)18-9-5-6-12-23-18)22(27)25-13-10-17(11-14-25)19(26)16-7-3-2-4-8-16/h2-9,12,17H,10-11,13-14H2,1H3. The molecule has 0 aliphatic carbocycles. The average Bonchev–Trinajstić information content (AvgIpc) is 3.16. The van der Waals surface area contributed by atoms with Crippen molar-refractivity contribution in [3.05, 3.63) is 70.9 Å². The first-order chi connectivity index (χ1) is 13.6. The van der Waals surface area contributed by atoms with E-state index in [1.54, 1.807) is 6.20 Å². The predicted molar refractivity (Wildman–Crippen MR) is 109 cm³/mol. The van der Waals surface area contributed by atoms with Gasteiger partial charge in [-0.1, -0.05) is 36.4 Å². The molecule has 0 radical (unpaired) electrons. The summed E-state index contributed by atoms with van der Waals surface area (Å²) in [5, 5.41) is 0.760. The van der Waals surface area contributed by atoms with Crippen molar-refractivity contribution in [1.29, 1.82) is 0 Å². The molecule has 1 fully saturated rings. The Labute approximate surface area is 168 Å². The van der Waals surface area contributed by atoms with Crippen molar-refractivity contribution < 1.29 is 9.59 Å². The Hall–Kier alpha value is -2.86. The highest BCUT2D eigenvalue weighted by atomic mass is 32.1. The van der Waals surface area contributed by atoms with Gasteiger partial charge in [-0.2, -0.15) is 0 Å². The summed E-state index contributed by atoms with van der Waals surface area (Å²) in [7, 11) is 0. The normalized spacial score (nSPS) is 14.8. The first kappa shape index (κ1) is 18.5. The lowest BCUT2D eigenvalue weighted by Crippen LogP contribution is -2.40. The van der Waals surface area contributed by atoms with Crippen molar-refractivity contribution in [2.24, 2.45) is 5.92 Å². The van der Waals surface area contributed by atoms with Crippen LogP contribution in [-0.2, 0) is 0 Å². The molecule has 28 heavy (non-hydrogen) atoms. The fourth-order valence-corrected chi connectivity index (χ4v) is 4.53. The molecule has 0 N–H and O–H groups in total. The molecule has 0 bridgehead atoms. The number of nitrogens with zero attached hydrogens (tertiary/aromatic N) is 3. The third-order valence-corrected chi connectivity index (χ3v) is 6.25. The van der Waals surface area contributed by atoms with Crippen LogP contribution in [-0.4, -0.2) is 39.6 Å². The number of hydrogen-bond acceptors (Lipinski definition) is 5. The highest BCUT2D eigenvalue weighted by Gasteiger charge is 2.30. The number of pyridine rings is 1. The Kier molecular flexibility index (Phi) is 5.30. The molecule has 1 amide bonds. The minimum absolute atomic E-state index is 0.00258. The maximum atomic E-state index is 13.0. The molecule has 5 nitrogen and oxygen atoms in total. The van der Waals surface area contributed by atoms with Gasteiger partial charge in [0.1, 0.15) is 9.88 Å². The molecule has 1 aliphatic rings. The number of likely N-dealkylation sites (tertiary alicyclic amines) is 1. The Balaban J connectivity index is 1.43. The summed E-state index contributed by atoms with van der Waals surface area (Å²) < 4.78 is 0. The lowest BCUT2D eigenvalue weighted by Gasteiger charge is -2.31. The molecule has 0 saturated carbocycles. The summed E-state index contributed by atoms with van der Waals surface area (Å²) >= 11 is 1.39. The number of ketones is 1. The van der Waals surface area contributed by atoms with Gasteiger partial charge in [0.15, 0.2) is 5.78 Å². The van der Waals surface area contributed by atoms with E-state index < -0.39 is 0 Å². The van der Waals surface area contributed by atoms with Crippen molar-refractivity contribution in [2.75, 3.05) is 13.1 Å². The van der Waals surface area contributed by atoms with Gasteiger partial charge in [-0.3, -0.25) is 14.6 Å². The van der Waals surface area contributed by atoms with Gasteiger partial charge in [-0.25, -0.2) is 4.98 Å². The third-order valence-electron chi connectivity index (χ3n) is 5.09. The first-order valence-corrected chi connectivity index (χ1v) is 10.2. The highest BCUT2D eigenvalue weighted by molar-refractivity contribution is 7.17. The van der Waals surface area contributed by atoms with Gasteiger partial charge in [0, 0.05) is 30.8 Å². The van der Waals surface area contributed by atoms with Crippen LogP contribution in [0.3, 0.4) is 0 Å². The van der Waals surface area contributed by atoms with Crippen molar-refractivity contribution >= 4 is 23.0 Å². The molecule has 1 aromatic carbocycles. The summed E-state index contributed by atoms with van der Waals surface area (Å²) in [5.41, 5.74) is 2.27. The van der Waals surface area contributed by atoms with Crippen molar-refractivity contribution in [3.63, 3.8) is 0 Å². The molecule has 1 aliphatic heterocycles. The number of hydrogen-bond donors (Lipinski definition) is 0. The lowest BCUT2D eigenvalue weighted by atomic mass is 9.89. The molecular weight excluding hydrogens is 370 g/mol. The molecule has 0 atom stereocenters. The van der Waals surface area contributed by atoms with Gasteiger partial charge >= 0.3 is 0 Å². The Morgan fingerprint density at radius 2 is 1.75 bits per heavy atom. The van der Waals surface area contributed by atoms with E-state index in [9.17, 15) is 9.59 Å². The van der Waals surface area contributed by atoms with Gasteiger partial charge in [0.05, 0.1) is 11.4 Å². The molecule has 1 saturated heterocycles. The number of aromatic nitrogens is 2. The van der Waals surface area contributed by atoms with Crippen molar-refractivity contribution in [1.82, 2.24) is 14.9 Å². The van der Waals surface area contributed by atoms with Gasteiger partial charge < -0.3 is 4.90 Å². The first-order valence-electron chi connectivity index (χ1n) is 9.41. The number of carbonyl (C=O) groups is 2. The second-order valence-corrected chi connectivity index (χ2v) is 7.94. The number of benzene rings is 1. The van der Waals surface area contributed by atoms with Crippen LogP contribution in [0, 0.1) is 12.8 Å². The van der Waals surface area contributed by atoms with Crippen LogP contribution in [0.1, 0.15) is 38.6 Å². The molecule has 6 heteroatoms. The monoisotopic (exact) mass is 391 g/mol. The second-order valence-electron chi connectivity index (χ2n) is 6.95. The van der Waals surface area contributed by atoms with Crippen LogP contribution in [0.25, 0.3) is 10.7 Å². The molecule has 142 valence electrons. The van der Waals surface area contributed by atoms with E-state index in [-0.39, 0.29) is 17.6 Å². The lowest BCUT2D eigenvalue weighted by molar-refractivity contribution is 0.0653. The number of thiazole rings is 1. The minimum atomic E-state index is -0.0157. The van der Waals surface area contributed by atoms with E-state index in [1.165, 1.54) is 11.3 Å². The van der Waals surface area contributed by atoms with Crippen molar-refractivity contribution in [2.45, 2.75) is 19.8 Å². The molecule has 4 rings (SSSR count). The van der Waals surface area contributed by atoms with Crippen LogP contribution < -0.4 is 0 Å². The minimum Gasteiger partial charge on any atom is -0.338 e. The Morgan fingerprint density at radius 3 is 2.43 bits per heavy atom. The van der Waals surface area contributed by atoms with E-state index >= 15 is 0 Å². The van der Waals surface area contributed by atoms with E-state index in [0.717, 1.165) is 22.0 Å². The SMILES string of the molecule is Cc1nc(-c2ccccn2)sc1C(=O)N1CCC(C(=O)c2ccccc2)CC1. The number of rotatable bonds is 4. The zero-order valence-electron chi connectivity index (χ0n) is 15.7. The summed E-state index contributed by atoms with van der Waals surface area (Å²) in [6.07, 6.45) is 3.12. The van der Waals surface area contributed by atoms with E-state index in [0.29, 0.717) is 30.8 Å².